The van der Waals surface area contributed by atoms with Gasteiger partial charge in [-0.2, -0.15) is 0 Å². The van der Waals surface area contributed by atoms with E-state index in [1.165, 1.54) is 0 Å². The zero-order valence-corrected chi connectivity index (χ0v) is 7.62. The number of hydrogen-bond donors (Lipinski definition) is 2. The van der Waals surface area contributed by atoms with Crippen molar-refractivity contribution < 1.29 is 10.2 Å². The molecule has 0 aliphatic carbocycles. The maximum Gasteiger partial charge on any atom is 0.0922 e. The van der Waals surface area contributed by atoms with Crippen molar-refractivity contribution in [2.45, 2.75) is 33.0 Å². The van der Waals surface area contributed by atoms with Crippen molar-refractivity contribution in [2.24, 2.45) is 0 Å². The van der Waals surface area contributed by atoms with E-state index in [1.54, 1.807) is 6.92 Å². The highest BCUT2D eigenvalue weighted by Gasteiger charge is 2.13. The van der Waals surface area contributed by atoms with Crippen LogP contribution < -0.4 is 0 Å². The van der Waals surface area contributed by atoms with Gasteiger partial charge < -0.3 is 15.1 Å². The van der Waals surface area contributed by atoms with E-state index in [2.05, 4.69) is 4.90 Å². The molecule has 2 atom stereocenters. The molecule has 0 aliphatic heterocycles. The minimum Gasteiger partial charge on any atom is -0.391 e. The van der Waals surface area contributed by atoms with Gasteiger partial charge in [-0.15, -0.1) is 0 Å². The molecule has 0 radical (unpaired) electrons. The second-order valence-corrected chi connectivity index (χ2v) is 2.79. The van der Waals surface area contributed by atoms with Crippen molar-refractivity contribution in [3.63, 3.8) is 0 Å². The van der Waals surface area contributed by atoms with Crippen LogP contribution in [0.25, 0.3) is 0 Å². The maximum absolute atomic E-state index is 9.27. The van der Waals surface area contributed by atoms with Gasteiger partial charge in [0.2, 0.25) is 0 Å². The van der Waals surface area contributed by atoms with Crippen molar-refractivity contribution in [1.29, 1.82) is 0 Å². The molecule has 0 heterocycles. The van der Waals surface area contributed by atoms with Gasteiger partial charge in [0.15, 0.2) is 0 Å². The van der Waals surface area contributed by atoms with E-state index < -0.39 is 12.2 Å². The lowest BCUT2D eigenvalue weighted by Gasteiger charge is -2.23. The first kappa shape index (κ1) is 10.9. The largest absolute Gasteiger partial charge is 0.391 e. The zero-order chi connectivity index (χ0) is 8.85. The molecular weight excluding hydrogens is 142 g/mol. The van der Waals surface area contributed by atoms with Gasteiger partial charge in [0.25, 0.3) is 0 Å². The van der Waals surface area contributed by atoms with Gasteiger partial charge in [0.1, 0.15) is 0 Å². The molecule has 2 N–H and O–H groups in total. The summed E-state index contributed by atoms with van der Waals surface area (Å²) in [5.74, 6) is 0. The third kappa shape index (κ3) is 4.35. The summed E-state index contributed by atoms with van der Waals surface area (Å²) in [5.41, 5.74) is 0. The molecule has 0 saturated carbocycles. The summed E-state index contributed by atoms with van der Waals surface area (Å²) >= 11 is 0. The van der Waals surface area contributed by atoms with Crippen LogP contribution in [-0.4, -0.2) is 47.0 Å². The average molecular weight is 161 g/mol. The van der Waals surface area contributed by atoms with Gasteiger partial charge in [0, 0.05) is 6.54 Å². The third-order valence-corrected chi connectivity index (χ3v) is 1.90. The monoisotopic (exact) mass is 161 g/mol. The normalized spacial score (nSPS) is 16.9. The molecule has 3 nitrogen and oxygen atoms in total. The Hall–Kier alpha value is -0.120. The smallest absolute Gasteiger partial charge is 0.0922 e. The minimum absolute atomic E-state index is 0.560. The van der Waals surface area contributed by atoms with E-state index in [9.17, 15) is 5.11 Å². The Morgan fingerprint density at radius 1 is 1.18 bits per heavy atom. The highest BCUT2D eigenvalue weighted by molar-refractivity contribution is 4.66. The first-order valence-corrected chi connectivity index (χ1v) is 4.20. The summed E-state index contributed by atoms with van der Waals surface area (Å²) in [7, 11) is 0. The van der Waals surface area contributed by atoms with Crippen LogP contribution in [-0.2, 0) is 0 Å². The molecule has 2 unspecified atom stereocenters. The molecule has 0 aliphatic rings. The molecule has 0 aromatic heterocycles. The van der Waals surface area contributed by atoms with Crippen molar-refractivity contribution >= 4 is 0 Å². The van der Waals surface area contributed by atoms with Gasteiger partial charge in [-0.3, -0.25) is 0 Å². The van der Waals surface area contributed by atoms with Gasteiger partial charge in [-0.1, -0.05) is 13.8 Å². The number of nitrogens with zero attached hydrogens (tertiary/aromatic N) is 1. The first-order valence-electron chi connectivity index (χ1n) is 4.20. The van der Waals surface area contributed by atoms with Crippen LogP contribution >= 0.6 is 0 Å². The van der Waals surface area contributed by atoms with Crippen LogP contribution in [0.1, 0.15) is 20.8 Å². The fourth-order valence-electron chi connectivity index (χ4n) is 0.899. The molecule has 0 bridgehead atoms. The summed E-state index contributed by atoms with van der Waals surface area (Å²) < 4.78 is 0. The Morgan fingerprint density at radius 3 is 1.91 bits per heavy atom. The van der Waals surface area contributed by atoms with Crippen LogP contribution in [0.2, 0.25) is 0 Å². The van der Waals surface area contributed by atoms with Crippen LogP contribution in [0.4, 0.5) is 0 Å². The predicted octanol–water partition coefficient (Wildman–Crippen LogP) is 0.0699. The molecule has 0 spiro atoms. The Labute approximate surface area is 68.6 Å². The van der Waals surface area contributed by atoms with Crippen LogP contribution in [0.3, 0.4) is 0 Å². The summed E-state index contributed by atoms with van der Waals surface area (Å²) in [6.07, 6.45) is -1.24. The molecule has 68 valence electrons. The molecule has 0 rings (SSSR count). The lowest BCUT2D eigenvalue weighted by molar-refractivity contribution is 0.00953. The van der Waals surface area contributed by atoms with Gasteiger partial charge in [0.05, 0.1) is 12.2 Å². The zero-order valence-electron chi connectivity index (χ0n) is 7.62. The number of hydrogen-bond acceptors (Lipinski definition) is 3. The summed E-state index contributed by atoms with van der Waals surface area (Å²) in [6, 6.07) is 0. The summed E-state index contributed by atoms with van der Waals surface area (Å²) in [6.45, 7) is 8.08. The van der Waals surface area contributed by atoms with Crippen LogP contribution in [0.15, 0.2) is 0 Å². The van der Waals surface area contributed by atoms with Crippen molar-refractivity contribution in [3.05, 3.63) is 0 Å². The number of aliphatic hydroxyl groups is 2. The molecule has 0 aromatic rings. The van der Waals surface area contributed by atoms with Crippen LogP contribution in [0, 0.1) is 0 Å². The average Bonchev–Trinajstić information content (AvgIpc) is 1.99. The molecular formula is C8H19NO2. The minimum atomic E-state index is -0.629. The second kappa shape index (κ2) is 5.52. The Balaban J connectivity index is 3.62. The predicted molar refractivity (Wildman–Crippen MR) is 45.5 cm³/mol. The highest BCUT2D eigenvalue weighted by atomic mass is 16.3. The lowest BCUT2D eigenvalue weighted by atomic mass is 10.2. The van der Waals surface area contributed by atoms with Crippen LogP contribution in [0.5, 0.6) is 0 Å². The fraction of sp³-hybridized carbons (Fsp3) is 1.00. The first-order chi connectivity index (χ1) is 5.11. The van der Waals surface area contributed by atoms with Crippen molar-refractivity contribution in [2.75, 3.05) is 19.6 Å². The SMILES string of the molecule is CCN(CC)CC(O)C(C)O. The highest BCUT2D eigenvalue weighted by Crippen LogP contribution is 1.96. The molecule has 0 fully saturated rings. The van der Waals surface area contributed by atoms with E-state index in [-0.39, 0.29) is 0 Å². The Morgan fingerprint density at radius 2 is 1.64 bits per heavy atom. The fourth-order valence-corrected chi connectivity index (χ4v) is 0.899. The molecule has 11 heavy (non-hydrogen) atoms. The third-order valence-electron chi connectivity index (χ3n) is 1.90. The maximum atomic E-state index is 9.27. The van der Waals surface area contributed by atoms with Gasteiger partial charge in [-0.25, -0.2) is 0 Å². The lowest BCUT2D eigenvalue weighted by Crippen LogP contribution is -2.37. The summed E-state index contributed by atoms with van der Waals surface area (Å²) in [4.78, 5) is 2.08. The topological polar surface area (TPSA) is 43.7 Å². The van der Waals surface area contributed by atoms with E-state index >= 15 is 0 Å². The second-order valence-electron chi connectivity index (χ2n) is 2.79. The number of likely N-dealkylation sites (N-methyl/N-ethyl adjacent to an activating group) is 1. The van der Waals surface area contributed by atoms with E-state index in [4.69, 9.17) is 5.11 Å². The van der Waals surface area contributed by atoms with E-state index in [1.807, 2.05) is 13.8 Å². The van der Waals surface area contributed by atoms with Gasteiger partial charge in [-0.05, 0) is 20.0 Å². The molecule has 3 heteroatoms. The Kier molecular flexibility index (Phi) is 5.46. The molecule has 0 aromatic carbocycles. The molecule has 0 saturated heterocycles. The standard InChI is InChI=1S/C8H19NO2/c1-4-9(5-2)6-8(11)7(3)10/h7-8,10-11H,4-6H2,1-3H3. The van der Waals surface area contributed by atoms with Gasteiger partial charge >= 0.3 is 0 Å². The van der Waals surface area contributed by atoms with Crippen molar-refractivity contribution in [3.8, 4) is 0 Å². The van der Waals surface area contributed by atoms with Crippen molar-refractivity contribution in [1.82, 2.24) is 4.90 Å². The van der Waals surface area contributed by atoms with E-state index in [0.29, 0.717) is 6.54 Å². The molecule has 0 amide bonds. The number of aliphatic hydroxyl groups excluding tert-OH is 2. The number of rotatable bonds is 5. The quantitative estimate of drug-likeness (QED) is 0.599. The Bertz CT molecular complexity index is 92.1. The van der Waals surface area contributed by atoms with E-state index in [0.717, 1.165) is 13.1 Å². The summed E-state index contributed by atoms with van der Waals surface area (Å²) in [5, 5.41) is 18.3.